The molecule has 124 valence electrons. The first-order valence-corrected chi connectivity index (χ1v) is 9.14. The van der Waals surface area contributed by atoms with E-state index in [2.05, 4.69) is 21.2 Å². The molecule has 4 nitrogen and oxygen atoms in total. The van der Waals surface area contributed by atoms with E-state index in [0.29, 0.717) is 19.4 Å². The van der Waals surface area contributed by atoms with Gasteiger partial charge in [-0.2, -0.15) is 0 Å². The number of nitrogens with zero attached hydrogens (tertiary/aromatic N) is 1. The first-order chi connectivity index (χ1) is 11.0. The SMILES string of the molecule is C[C@]1(C(=O)NC2CCCC2)CCC(=O)N1Cc1cccc(Br)c1. The van der Waals surface area contributed by atoms with Crippen LogP contribution in [0.5, 0.6) is 0 Å². The van der Waals surface area contributed by atoms with E-state index in [1.54, 1.807) is 4.90 Å². The fourth-order valence-corrected chi connectivity index (χ4v) is 4.07. The average Bonchev–Trinajstić information content (AvgIpc) is 3.12. The van der Waals surface area contributed by atoms with Crippen molar-refractivity contribution in [1.82, 2.24) is 10.2 Å². The van der Waals surface area contributed by atoms with E-state index in [0.717, 1.165) is 22.9 Å². The maximum absolute atomic E-state index is 12.8. The fraction of sp³-hybridized carbons (Fsp3) is 0.556. The predicted molar refractivity (Wildman–Crippen MR) is 92.7 cm³/mol. The second kappa shape index (κ2) is 6.63. The smallest absolute Gasteiger partial charge is 0.245 e. The van der Waals surface area contributed by atoms with Gasteiger partial charge in [0.2, 0.25) is 11.8 Å². The van der Waals surface area contributed by atoms with Gasteiger partial charge in [0.05, 0.1) is 0 Å². The van der Waals surface area contributed by atoms with Gasteiger partial charge in [-0.1, -0.05) is 40.9 Å². The summed E-state index contributed by atoms with van der Waals surface area (Å²) < 4.78 is 0.985. The Bertz CT molecular complexity index is 613. The Kier molecular flexibility index (Phi) is 4.76. The quantitative estimate of drug-likeness (QED) is 0.872. The van der Waals surface area contributed by atoms with Gasteiger partial charge in [-0.05, 0) is 43.9 Å². The lowest BCUT2D eigenvalue weighted by atomic mass is 9.96. The predicted octanol–water partition coefficient (Wildman–Crippen LogP) is 3.39. The summed E-state index contributed by atoms with van der Waals surface area (Å²) in [5.41, 5.74) is 0.302. The standard InChI is InChI=1S/C18H23BrN2O2/c1-18(17(23)20-15-7-2-3-8-15)10-9-16(22)21(18)12-13-5-4-6-14(19)11-13/h4-6,11,15H,2-3,7-10,12H2,1H3,(H,20,23)/t18-/m1/s1. The minimum absolute atomic E-state index is 0.00486. The van der Waals surface area contributed by atoms with Crippen LogP contribution in [0.3, 0.4) is 0 Å². The van der Waals surface area contributed by atoms with Gasteiger partial charge in [-0.15, -0.1) is 0 Å². The summed E-state index contributed by atoms with van der Waals surface area (Å²) in [6.07, 6.45) is 5.52. The van der Waals surface area contributed by atoms with Crippen LogP contribution in [-0.4, -0.2) is 28.3 Å². The normalized spacial score (nSPS) is 25.1. The zero-order valence-corrected chi connectivity index (χ0v) is 15.1. The molecule has 1 aliphatic carbocycles. The van der Waals surface area contributed by atoms with Crippen LogP contribution in [0, 0.1) is 0 Å². The van der Waals surface area contributed by atoms with Crippen LogP contribution in [0.15, 0.2) is 28.7 Å². The molecular formula is C18H23BrN2O2. The van der Waals surface area contributed by atoms with Crippen molar-refractivity contribution >= 4 is 27.7 Å². The summed E-state index contributed by atoms with van der Waals surface area (Å²) in [7, 11) is 0. The Morgan fingerprint density at radius 2 is 2.13 bits per heavy atom. The molecule has 2 aliphatic rings. The maximum Gasteiger partial charge on any atom is 0.245 e. The van der Waals surface area contributed by atoms with Crippen LogP contribution in [0.25, 0.3) is 0 Å². The highest BCUT2D eigenvalue weighted by Gasteiger charge is 2.47. The molecule has 5 heteroatoms. The molecule has 0 bridgehead atoms. The molecule has 1 atom stereocenters. The first-order valence-electron chi connectivity index (χ1n) is 8.35. The van der Waals surface area contributed by atoms with Gasteiger partial charge in [0.15, 0.2) is 0 Å². The van der Waals surface area contributed by atoms with E-state index in [1.807, 2.05) is 31.2 Å². The molecule has 1 aromatic carbocycles. The molecule has 2 amide bonds. The average molecular weight is 379 g/mol. The number of hydrogen-bond donors (Lipinski definition) is 1. The van der Waals surface area contributed by atoms with E-state index >= 15 is 0 Å². The number of halogens is 1. The van der Waals surface area contributed by atoms with Crippen molar-refractivity contribution in [3.63, 3.8) is 0 Å². The van der Waals surface area contributed by atoms with E-state index in [-0.39, 0.29) is 17.9 Å². The van der Waals surface area contributed by atoms with Crippen molar-refractivity contribution in [3.05, 3.63) is 34.3 Å². The van der Waals surface area contributed by atoms with Gasteiger partial charge in [0, 0.05) is 23.5 Å². The zero-order chi connectivity index (χ0) is 16.4. The molecule has 2 fully saturated rings. The molecule has 1 aliphatic heterocycles. The van der Waals surface area contributed by atoms with E-state index in [4.69, 9.17) is 0 Å². The number of carbonyl (C=O) groups excluding carboxylic acids is 2. The molecule has 0 aromatic heterocycles. The summed E-state index contributed by atoms with van der Waals surface area (Å²) >= 11 is 3.46. The lowest BCUT2D eigenvalue weighted by Crippen LogP contribution is -2.55. The van der Waals surface area contributed by atoms with E-state index in [1.165, 1.54) is 12.8 Å². The number of amides is 2. The van der Waals surface area contributed by atoms with Crippen molar-refractivity contribution in [2.24, 2.45) is 0 Å². The molecule has 23 heavy (non-hydrogen) atoms. The third-order valence-corrected chi connectivity index (χ3v) is 5.62. The second-order valence-corrected chi connectivity index (χ2v) is 7.75. The van der Waals surface area contributed by atoms with Crippen molar-refractivity contribution in [2.75, 3.05) is 0 Å². The zero-order valence-electron chi connectivity index (χ0n) is 13.5. The van der Waals surface area contributed by atoms with E-state index in [9.17, 15) is 9.59 Å². The number of hydrogen-bond acceptors (Lipinski definition) is 2. The lowest BCUT2D eigenvalue weighted by molar-refractivity contribution is -0.141. The van der Waals surface area contributed by atoms with E-state index < -0.39 is 5.54 Å². The number of rotatable bonds is 4. The van der Waals surface area contributed by atoms with Crippen LogP contribution in [0.2, 0.25) is 0 Å². The van der Waals surface area contributed by atoms with Gasteiger partial charge in [-0.25, -0.2) is 0 Å². The summed E-state index contributed by atoms with van der Waals surface area (Å²) in [6, 6.07) is 8.19. The van der Waals surface area contributed by atoms with Gasteiger partial charge in [0.25, 0.3) is 0 Å². The van der Waals surface area contributed by atoms with Crippen LogP contribution in [0.1, 0.15) is 51.0 Å². The maximum atomic E-state index is 12.8. The Balaban J connectivity index is 1.76. The molecular weight excluding hydrogens is 356 g/mol. The van der Waals surface area contributed by atoms with Crippen LogP contribution in [0.4, 0.5) is 0 Å². The molecule has 1 aromatic rings. The first kappa shape index (κ1) is 16.5. The minimum atomic E-state index is -0.734. The number of carbonyl (C=O) groups is 2. The Morgan fingerprint density at radius 1 is 1.39 bits per heavy atom. The number of likely N-dealkylation sites (tertiary alicyclic amines) is 1. The summed E-state index contributed by atoms with van der Waals surface area (Å²) in [5.74, 6) is 0.0688. The topological polar surface area (TPSA) is 49.4 Å². The monoisotopic (exact) mass is 378 g/mol. The minimum Gasteiger partial charge on any atom is -0.351 e. The largest absolute Gasteiger partial charge is 0.351 e. The second-order valence-electron chi connectivity index (χ2n) is 6.84. The molecule has 3 rings (SSSR count). The molecule has 1 heterocycles. The molecule has 1 saturated heterocycles. The lowest BCUT2D eigenvalue weighted by Gasteiger charge is -2.35. The summed E-state index contributed by atoms with van der Waals surface area (Å²) in [4.78, 5) is 26.9. The molecule has 0 spiro atoms. The van der Waals surface area contributed by atoms with Crippen LogP contribution in [-0.2, 0) is 16.1 Å². The van der Waals surface area contributed by atoms with Crippen molar-refractivity contribution in [1.29, 1.82) is 0 Å². The molecule has 0 unspecified atom stereocenters. The van der Waals surface area contributed by atoms with Gasteiger partial charge < -0.3 is 10.2 Å². The Morgan fingerprint density at radius 3 is 2.83 bits per heavy atom. The van der Waals surface area contributed by atoms with Crippen molar-refractivity contribution in [3.8, 4) is 0 Å². The Labute approximate surface area is 145 Å². The molecule has 1 N–H and O–H groups in total. The molecule has 0 radical (unpaired) electrons. The summed E-state index contributed by atoms with van der Waals surface area (Å²) in [6.45, 7) is 2.38. The van der Waals surface area contributed by atoms with Crippen molar-refractivity contribution in [2.45, 2.75) is 63.6 Å². The fourth-order valence-electron chi connectivity index (χ4n) is 3.62. The highest BCUT2D eigenvalue weighted by Crippen LogP contribution is 2.33. The highest BCUT2D eigenvalue weighted by atomic mass is 79.9. The van der Waals surface area contributed by atoms with Gasteiger partial charge in [-0.3, -0.25) is 9.59 Å². The number of nitrogens with one attached hydrogen (secondary N) is 1. The van der Waals surface area contributed by atoms with Crippen molar-refractivity contribution < 1.29 is 9.59 Å². The molecule has 1 saturated carbocycles. The highest BCUT2D eigenvalue weighted by molar-refractivity contribution is 9.10. The van der Waals surface area contributed by atoms with Crippen LogP contribution >= 0.6 is 15.9 Å². The van der Waals surface area contributed by atoms with Crippen LogP contribution < -0.4 is 5.32 Å². The van der Waals surface area contributed by atoms with Gasteiger partial charge in [0.1, 0.15) is 5.54 Å². The third-order valence-electron chi connectivity index (χ3n) is 5.13. The third kappa shape index (κ3) is 3.44. The van der Waals surface area contributed by atoms with Gasteiger partial charge >= 0.3 is 0 Å². The summed E-state index contributed by atoms with van der Waals surface area (Å²) in [5, 5.41) is 3.17. The Hall–Kier alpha value is -1.36. The number of benzene rings is 1.